The highest BCUT2D eigenvalue weighted by molar-refractivity contribution is 5.14. The molecule has 0 aliphatic carbocycles. The van der Waals surface area contributed by atoms with Crippen molar-refractivity contribution in [1.82, 2.24) is 0 Å². The Kier molecular flexibility index (Phi) is 5.23. The third kappa shape index (κ3) is 5.31. The van der Waals surface area contributed by atoms with E-state index in [0.717, 1.165) is 6.42 Å². The van der Waals surface area contributed by atoms with Crippen molar-refractivity contribution in [3.63, 3.8) is 0 Å². The van der Waals surface area contributed by atoms with Gasteiger partial charge in [-0.05, 0) is 20.3 Å². The van der Waals surface area contributed by atoms with Crippen molar-refractivity contribution in [3.05, 3.63) is 23.8 Å². The van der Waals surface area contributed by atoms with Crippen molar-refractivity contribution in [2.45, 2.75) is 20.3 Å². The molecule has 0 unspecified atom stereocenters. The molecule has 0 bridgehead atoms. The summed E-state index contributed by atoms with van der Waals surface area (Å²) >= 11 is 0. The average Bonchev–Trinajstić information content (AvgIpc) is 1.85. The second kappa shape index (κ2) is 5.57. The molecule has 0 aromatic carbocycles. The molecule has 52 valence electrons. The van der Waals surface area contributed by atoms with Crippen LogP contribution in [-0.4, -0.2) is 11.7 Å². The summed E-state index contributed by atoms with van der Waals surface area (Å²) in [6, 6.07) is 0. The number of aliphatic hydroxyl groups is 1. The van der Waals surface area contributed by atoms with Crippen LogP contribution in [0.2, 0.25) is 0 Å². The molecule has 1 heteroatoms. The Labute approximate surface area is 56.7 Å². The van der Waals surface area contributed by atoms with E-state index in [9.17, 15) is 0 Å². The fourth-order valence-corrected chi connectivity index (χ4v) is 0.623. The summed E-state index contributed by atoms with van der Waals surface area (Å²) in [5.41, 5.74) is 1.21. The Balaban J connectivity index is 3.55. The van der Waals surface area contributed by atoms with Crippen LogP contribution in [0.4, 0.5) is 0 Å². The molecule has 1 nitrogen and oxygen atoms in total. The number of rotatable bonds is 3. The van der Waals surface area contributed by atoms with Crippen LogP contribution in [0, 0.1) is 0 Å². The van der Waals surface area contributed by atoms with Gasteiger partial charge in [-0.2, -0.15) is 0 Å². The average molecular weight is 126 g/mol. The van der Waals surface area contributed by atoms with Gasteiger partial charge in [0.05, 0.1) is 0 Å². The van der Waals surface area contributed by atoms with E-state index in [0.29, 0.717) is 0 Å². The Morgan fingerprint density at radius 2 is 2.22 bits per heavy atom. The van der Waals surface area contributed by atoms with Gasteiger partial charge in [0.25, 0.3) is 0 Å². The predicted octanol–water partition coefficient (Wildman–Crippen LogP) is 1.89. The summed E-state index contributed by atoms with van der Waals surface area (Å²) in [5.74, 6) is 0. The molecule has 0 saturated heterocycles. The minimum Gasteiger partial charge on any atom is -0.396 e. The van der Waals surface area contributed by atoms with Gasteiger partial charge in [-0.3, -0.25) is 0 Å². The molecule has 0 saturated carbocycles. The molecule has 9 heavy (non-hydrogen) atoms. The summed E-state index contributed by atoms with van der Waals surface area (Å²) in [4.78, 5) is 0. The fraction of sp³-hybridized carbons (Fsp3) is 0.500. The SMILES string of the molecule is CC=CC(C)=CCCO. The van der Waals surface area contributed by atoms with Gasteiger partial charge in [0.1, 0.15) is 0 Å². The van der Waals surface area contributed by atoms with Gasteiger partial charge in [-0.1, -0.05) is 23.8 Å². The van der Waals surface area contributed by atoms with Gasteiger partial charge in [0.15, 0.2) is 0 Å². The molecule has 0 heterocycles. The smallest absolute Gasteiger partial charge is 0.0465 e. The summed E-state index contributed by atoms with van der Waals surface area (Å²) in [6.45, 7) is 4.25. The Morgan fingerprint density at radius 1 is 1.56 bits per heavy atom. The van der Waals surface area contributed by atoms with Gasteiger partial charge in [-0.25, -0.2) is 0 Å². The normalized spacial score (nSPS) is 13.0. The quantitative estimate of drug-likeness (QED) is 0.572. The van der Waals surface area contributed by atoms with Crippen LogP contribution in [0.15, 0.2) is 23.8 Å². The van der Waals surface area contributed by atoms with Gasteiger partial charge >= 0.3 is 0 Å². The molecule has 0 radical (unpaired) electrons. The summed E-state index contributed by atoms with van der Waals surface area (Å²) < 4.78 is 0. The number of hydrogen-bond donors (Lipinski definition) is 1. The minimum absolute atomic E-state index is 0.245. The van der Waals surface area contributed by atoms with Crippen LogP contribution in [0.5, 0.6) is 0 Å². The lowest BCUT2D eigenvalue weighted by atomic mass is 10.2. The molecule has 0 rings (SSSR count). The fourth-order valence-electron chi connectivity index (χ4n) is 0.623. The summed E-state index contributed by atoms with van der Waals surface area (Å²) in [6.07, 6.45) is 6.79. The maximum absolute atomic E-state index is 8.41. The monoisotopic (exact) mass is 126 g/mol. The lowest BCUT2D eigenvalue weighted by molar-refractivity contribution is 0.302. The van der Waals surface area contributed by atoms with Gasteiger partial charge in [0, 0.05) is 6.61 Å². The molecule has 0 aromatic rings. The lowest BCUT2D eigenvalue weighted by Gasteiger charge is -1.88. The van der Waals surface area contributed by atoms with Crippen molar-refractivity contribution >= 4 is 0 Å². The second-order valence-corrected chi connectivity index (χ2v) is 1.96. The zero-order valence-corrected chi connectivity index (χ0v) is 6.09. The van der Waals surface area contributed by atoms with E-state index in [4.69, 9.17) is 5.11 Å². The second-order valence-electron chi connectivity index (χ2n) is 1.96. The van der Waals surface area contributed by atoms with Crippen molar-refractivity contribution < 1.29 is 5.11 Å². The number of allylic oxidation sites excluding steroid dienone is 3. The lowest BCUT2D eigenvalue weighted by Crippen LogP contribution is -1.77. The van der Waals surface area contributed by atoms with E-state index in [-0.39, 0.29) is 6.61 Å². The van der Waals surface area contributed by atoms with Crippen molar-refractivity contribution in [2.75, 3.05) is 6.61 Å². The predicted molar refractivity (Wildman–Crippen MR) is 40.3 cm³/mol. The first-order valence-electron chi connectivity index (χ1n) is 3.21. The molecular formula is C8H14O. The van der Waals surface area contributed by atoms with Crippen molar-refractivity contribution in [3.8, 4) is 0 Å². The van der Waals surface area contributed by atoms with Crippen LogP contribution >= 0.6 is 0 Å². The van der Waals surface area contributed by atoms with E-state index in [2.05, 4.69) is 0 Å². The maximum atomic E-state index is 8.41. The molecular weight excluding hydrogens is 112 g/mol. The standard InChI is InChI=1S/C8H14O/c1-3-5-8(2)6-4-7-9/h3,5-6,9H,4,7H2,1-2H3. The highest BCUT2D eigenvalue weighted by Crippen LogP contribution is 1.95. The molecule has 0 amide bonds. The minimum atomic E-state index is 0.245. The summed E-state index contributed by atoms with van der Waals surface area (Å²) in [7, 11) is 0. The van der Waals surface area contributed by atoms with E-state index in [1.807, 2.05) is 32.1 Å². The van der Waals surface area contributed by atoms with Gasteiger partial charge in [0.2, 0.25) is 0 Å². The molecule has 0 aliphatic heterocycles. The van der Waals surface area contributed by atoms with Crippen LogP contribution in [0.3, 0.4) is 0 Å². The first-order chi connectivity index (χ1) is 4.31. The molecule has 0 fully saturated rings. The molecule has 0 spiro atoms. The van der Waals surface area contributed by atoms with Crippen LogP contribution in [-0.2, 0) is 0 Å². The summed E-state index contributed by atoms with van der Waals surface area (Å²) in [5, 5.41) is 8.41. The molecule has 0 aliphatic rings. The largest absolute Gasteiger partial charge is 0.396 e. The first-order valence-corrected chi connectivity index (χ1v) is 3.21. The van der Waals surface area contributed by atoms with Crippen LogP contribution in [0.25, 0.3) is 0 Å². The van der Waals surface area contributed by atoms with E-state index >= 15 is 0 Å². The topological polar surface area (TPSA) is 20.2 Å². The zero-order valence-electron chi connectivity index (χ0n) is 6.09. The van der Waals surface area contributed by atoms with E-state index in [1.54, 1.807) is 0 Å². The van der Waals surface area contributed by atoms with Gasteiger partial charge < -0.3 is 5.11 Å². The molecule has 0 aromatic heterocycles. The van der Waals surface area contributed by atoms with Gasteiger partial charge in [-0.15, -0.1) is 0 Å². The van der Waals surface area contributed by atoms with Crippen LogP contribution < -0.4 is 0 Å². The van der Waals surface area contributed by atoms with Crippen LogP contribution in [0.1, 0.15) is 20.3 Å². The Bertz CT molecular complexity index is 112. The highest BCUT2D eigenvalue weighted by atomic mass is 16.2. The number of hydrogen-bond acceptors (Lipinski definition) is 1. The first kappa shape index (κ1) is 8.44. The third-order valence-electron chi connectivity index (χ3n) is 1.02. The Morgan fingerprint density at radius 3 is 2.67 bits per heavy atom. The van der Waals surface area contributed by atoms with Crippen molar-refractivity contribution in [1.29, 1.82) is 0 Å². The maximum Gasteiger partial charge on any atom is 0.0465 e. The zero-order chi connectivity index (χ0) is 7.11. The Hall–Kier alpha value is -0.560. The number of aliphatic hydroxyl groups excluding tert-OH is 1. The third-order valence-corrected chi connectivity index (χ3v) is 1.02. The molecule has 1 N–H and O–H groups in total. The van der Waals surface area contributed by atoms with Crippen molar-refractivity contribution in [2.24, 2.45) is 0 Å². The molecule has 0 atom stereocenters. The van der Waals surface area contributed by atoms with E-state index in [1.165, 1.54) is 5.57 Å². The highest BCUT2D eigenvalue weighted by Gasteiger charge is 1.78. The van der Waals surface area contributed by atoms with E-state index < -0.39 is 0 Å².